The molecule has 2 aromatic carbocycles. The van der Waals surface area contributed by atoms with Crippen LogP contribution in [0.3, 0.4) is 0 Å². The van der Waals surface area contributed by atoms with Gasteiger partial charge in [0.15, 0.2) is 0 Å². The van der Waals surface area contributed by atoms with Gasteiger partial charge in [0.1, 0.15) is 5.01 Å². The van der Waals surface area contributed by atoms with E-state index in [1.165, 1.54) is 11.3 Å². The third kappa shape index (κ3) is 5.02. The quantitative estimate of drug-likeness (QED) is 0.576. The van der Waals surface area contributed by atoms with Crippen molar-refractivity contribution in [3.63, 3.8) is 0 Å². The van der Waals surface area contributed by atoms with Gasteiger partial charge < -0.3 is 10.2 Å². The molecule has 0 aliphatic carbocycles. The van der Waals surface area contributed by atoms with Gasteiger partial charge in [-0.25, -0.2) is 0 Å². The lowest BCUT2D eigenvalue weighted by Gasteiger charge is -2.15. The van der Waals surface area contributed by atoms with Crippen LogP contribution in [0.4, 0.5) is 10.8 Å². The van der Waals surface area contributed by atoms with Crippen molar-refractivity contribution in [2.24, 2.45) is 0 Å². The number of hydrogen-bond donors (Lipinski definition) is 1. The van der Waals surface area contributed by atoms with Crippen LogP contribution >= 0.6 is 23.1 Å². The zero-order valence-electron chi connectivity index (χ0n) is 15.7. The summed E-state index contributed by atoms with van der Waals surface area (Å²) >= 11 is 2.99. The van der Waals surface area contributed by atoms with Crippen LogP contribution in [-0.4, -0.2) is 34.3 Å². The third-order valence-corrected chi connectivity index (χ3v) is 6.59. The van der Waals surface area contributed by atoms with Crippen molar-refractivity contribution in [3.8, 4) is 0 Å². The number of thioether (sulfide) groups is 1. The number of nitrogens with one attached hydrogen (secondary N) is 1. The molecule has 1 aliphatic heterocycles. The number of amides is 2. The average Bonchev–Trinajstić information content (AvgIpc) is 3.36. The van der Waals surface area contributed by atoms with E-state index >= 15 is 0 Å². The number of para-hydroxylation sites is 1. The Morgan fingerprint density at radius 1 is 1.10 bits per heavy atom. The molecule has 2 heterocycles. The van der Waals surface area contributed by atoms with Crippen molar-refractivity contribution >= 4 is 45.7 Å². The van der Waals surface area contributed by atoms with E-state index in [1.807, 2.05) is 60.7 Å². The summed E-state index contributed by atoms with van der Waals surface area (Å²) in [4.78, 5) is 27.5. The van der Waals surface area contributed by atoms with Gasteiger partial charge in [0.25, 0.3) is 0 Å². The van der Waals surface area contributed by atoms with Crippen molar-refractivity contribution in [3.05, 3.63) is 65.7 Å². The smallest absolute Gasteiger partial charge is 0.227 e. The highest BCUT2D eigenvalue weighted by atomic mass is 32.2. The van der Waals surface area contributed by atoms with Gasteiger partial charge >= 0.3 is 0 Å². The molecule has 0 bridgehead atoms. The predicted octanol–water partition coefficient (Wildman–Crippen LogP) is 4.18. The van der Waals surface area contributed by atoms with Crippen molar-refractivity contribution in [1.82, 2.24) is 10.2 Å². The van der Waals surface area contributed by atoms with E-state index in [1.54, 1.807) is 16.7 Å². The zero-order valence-corrected chi connectivity index (χ0v) is 17.3. The molecule has 6 nitrogen and oxygen atoms in total. The Balaban J connectivity index is 1.29. The van der Waals surface area contributed by atoms with Gasteiger partial charge in [-0.05, 0) is 24.3 Å². The molecule has 0 unspecified atom stereocenters. The van der Waals surface area contributed by atoms with Crippen LogP contribution in [0.25, 0.3) is 0 Å². The number of hydrogen-bond acceptors (Lipinski definition) is 6. The molecule has 29 heavy (non-hydrogen) atoms. The summed E-state index contributed by atoms with van der Waals surface area (Å²) in [5.41, 5.74) is 0.897. The van der Waals surface area contributed by atoms with Crippen LogP contribution in [-0.2, 0) is 9.59 Å². The van der Waals surface area contributed by atoms with Crippen LogP contribution < -0.4 is 10.2 Å². The summed E-state index contributed by atoms with van der Waals surface area (Å²) in [5, 5.41) is 12.4. The monoisotopic (exact) mass is 424 g/mol. The lowest BCUT2D eigenvalue weighted by atomic mass is 10.1. The fourth-order valence-corrected chi connectivity index (χ4v) is 4.86. The van der Waals surface area contributed by atoms with Crippen LogP contribution in [0.1, 0.15) is 23.8 Å². The fourth-order valence-electron chi connectivity index (χ4n) is 3.14. The Hall–Kier alpha value is -2.71. The van der Waals surface area contributed by atoms with Gasteiger partial charge in [0.2, 0.25) is 16.9 Å². The van der Waals surface area contributed by atoms with E-state index in [2.05, 4.69) is 15.5 Å². The summed E-state index contributed by atoms with van der Waals surface area (Å²) in [7, 11) is 0. The van der Waals surface area contributed by atoms with Crippen molar-refractivity contribution < 1.29 is 9.59 Å². The molecule has 148 valence electrons. The standard InChI is InChI=1S/C21H20N4O2S2/c26-18(11-12-28-17-9-5-2-6-10-17)22-21-24-23-20(29-21)15-13-19(27)25(14-15)16-7-3-1-4-8-16/h1-10,15H,11-14H2,(H,22,24,26)/t15-/m1/s1. The van der Waals surface area contributed by atoms with Gasteiger partial charge in [0, 0.05) is 41.6 Å². The lowest BCUT2D eigenvalue weighted by molar-refractivity contribution is -0.117. The number of carbonyl (C=O) groups excluding carboxylic acids is 2. The summed E-state index contributed by atoms with van der Waals surface area (Å²) in [5.74, 6) is 0.703. The molecule has 1 fully saturated rings. The lowest BCUT2D eigenvalue weighted by Crippen LogP contribution is -2.24. The highest BCUT2D eigenvalue weighted by Gasteiger charge is 2.33. The Morgan fingerprint density at radius 2 is 1.83 bits per heavy atom. The van der Waals surface area contributed by atoms with E-state index in [4.69, 9.17) is 0 Å². The second-order valence-electron chi connectivity index (χ2n) is 6.65. The molecule has 4 rings (SSSR count). The molecule has 1 N–H and O–H groups in total. The minimum atomic E-state index is -0.0791. The molecular formula is C21H20N4O2S2. The topological polar surface area (TPSA) is 75.2 Å². The van der Waals surface area contributed by atoms with Crippen molar-refractivity contribution in [1.29, 1.82) is 0 Å². The first-order valence-corrected chi connectivity index (χ1v) is 11.2. The highest BCUT2D eigenvalue weighted by molar-refractivity contribution is 7.99. The first kappa shape index (κ1) is 19.6. The highest BCUT2D eigenvalue weighted by Crippen LogP contribution is 2.34. The average molecular weight is 425 g/mol. The van der Waals surface area contributed by atoms with Crippen LogP contribution in [0.2, 0.25) is 0 Å². The second kappa shape index (κ2) is 9.19. The van der Waals surface area contributed by atoms with E-state index in [-0.39, 0.29) is 17.7 Å². The Kier molecular flexibility index (Phi) is 6.21. The molecule has 3 aromatic rings. The minimum Gasteiger partial charge on any atom is -0.312 e. The second-order valence-corrected chi connectivity index (χ2v) is 8.82. The molecule has 1 aliphatic rings. The maximum absolute atomic E-state index is 12.4. The molecular weight excluding hydrogens is 404 g/mol. The number of aromatic nitrogens is 2. The molecule has 0 saturated carbocycles. The first-order chi connectivity index (χ1) is 14.2. The molecule has 8 heteroatoms. The van der Waals surface area contributed by atoms with Gasteiger partial charge in [-0.2, -0.15) is 0 Å². The van der Waals surface area contributed by atoms with Crippen LogP contribution in [0, 0.1) is 0 Å². The summed E-state index contributed by atoms with van der Waals surface area (Å²) in [6.45, 7) is 0.582. The van der Waals surface area contributed by atoms with Crippen molar-refractivity contribution in [2.75, 3.05) is 22.5 Å². The Morgan fingerprint density at radius 3 is 2.59 bits per heavy atom. The minimum absolute atomic E-state index is 0.000468. The summed E-state index contributed by atoms with van der Waals surface area (Å²) in [6.07, 6.45) is 0.809. The van der Waals surface area contributed by atoms with Gasteiger partial charge in [-0.3, -0.25) is 9.59 Å². The molecule has 1 atom stereocenters. The van der Waals surface area contributed by atoms with E-state index in [0.717, 1.165) is 15.6 Å². The number of anilines is 2. The molecule has 2 amide bonds. The maximum Gasteiger partial charge on any atom is 0.227 e. The normalized spacial score (nSPS) is 16.2. The van der Waals surface area contributed by atoms with E-state index < -0.39 is 0 Å². The Labute approximate surface area is 177 Å². The zero-order chi connectivity index (χ0) is 20.1. The van der Waals surface area contributed by atoms with E-state index in [9.17, 15) is 9.59 Å². The fraction of sp³-hybridized carbons (Fsp3) is 0.238. The summed E-state index contributed by atoms with van der Waals surface area (Å²) in [6, 6.07) is 19.6. The molecule has 0 radical (unpaired) electrons. The molecule has 0 spiro atoms. The number of carbonyl (C=O) groups is 2. The summed E-state index contributed by atoms with van der Waals surface area (Å²) < 4.78 is 0. The SMILES string of the molecule is O=C(CCSc1ccccc1)Nc1nnc([C@@H]2CC(=O)N(c3ccccc3)C2)s1. The number of rotatable bonds is 7. The number of benzene rings is 2. The maximum atomic E-state index is 12.4. The van der Waals surface area contributed by atoms with Crippen molar-refractivity contribution in [2.45, 2.75) is 23.7 Å². The third-order valence-electron chi connectivity index (χ3n) is 4.57. The van der Waals surface area contributed by atoms with E-state index in [0.29, 0.717) is 30.3 Å². The Bertz CT molecular complexity index is 979. The van der Waals surface area contributed by atoms with Gasteiger partial charge in [-0.15, -0.1) is 22.0 Å². The largest absolute Gasteiger partial charge is 0.312 e. The van der Waals surface area contributed by atoms with Crippen LogP contribution in [0.5, 0.6) is 0 Å². The predicted molar refractivity (Wildman–Crippen MR) is 116 cm³/mol. The number of nitrogens with zero attached hydrogens (tertiary/aromatic N) is 3. The molecule has 1 saturated heterocycles. The first-order valence-electron chi connectivity index (χ1n) is 9.35. The van der Waals surface area contributed by atoms with Gasteiger partial charge in [-0.1, -0.05) is 47.7 Å². The van der Waals surface area contributed by atoms with Crippen LogP contribution in [0.15, 0.2) is 65.6 Å². The molecule has 1 aromatic heterocycles. The van der Waals surface area contributed by atoms with Gasteiger partial charge in [0.05, 0.1) is 0 Å².